The number of hydrogen-bond donors (Lipinski definition) is 2. The summed E-state index contributed by atoms with van der Waals surface area (Å²) in [7, 11) is 0. The van der Waals surface area contributed by atoms with Gasteiger partial charge in [0.1, 0.15) is 0 Å². The molecule has 1 aromatic carbocycles. The van der Waals surface area contributed by atoms with Crippen LogP contribution < -0.4 is 5.32 Å². The highest BCUT2D eigenvalue weighted by molar-refractivity contribution is 6.30. The van der Waals surface area contributed by atoms with Crippen LogP contribution in [0.15, 0.2) is 12.1 Å². The monoisotopic (exact) mass is 241 g/mol. The first-order valence-electron chi connectivity index (χ1n) is 5.23. The van der Waals surface area contributed by atoms with E-state index < -0.39 is 5.97 Å². The van der Waals surface area contributed by atoms with Crippen molar-refractivity contribution in [2.75, 3.05) is 11.9 Å². The number of carbonyl (C=O) groups is 1. The Morgan fingerprint density at radius 3 is 2.44 bits per heavy atom. The van der Waals surface area contributed by atoms with Crippen molar-refractivity contribution in [3.63, 3.8) is 0 Å². The predicted octanol–water partition coefficient (Wildman–Crippen LogP) is 3.23. The number of anilines is 1. The SMILES string of the molecule is Cc1cc(Cl)cc(C)c1NCCCC(=O)O. The van der Waals surface area contributed by atoms with Crippen molar-refractivity contribution in [3.8, 4) is 0 Å². The normalized spacial score (nSPS) is 10.2. The molecule has 0 heterocycles. The first-order chi connectivity index (χ1) is 7.50. The van der Waals surface area contributed by atoms with Gasteiger partial charge in [-0.2, -0.15) is 0 Å². The lowest BCUT2D eigenvalue weighted by Gasteiger charge is -2.12. The molecule has 0 saturated heterocycles. The van der Waals surface area contributed by atoms with E-state index in [4.69, 9.17) is 16.7 Å². The van der Waals surface area contributed by atoms with Crippen molar-refractivity contribution in [2.24, 2.45) is 0 Å². The smallest absolute Gasteiger partial charge is 0.303 e. The molecule has 2 N–H and O–H groups in total. The van der Waals surface area contributed by atoms with Gasteiger partial charge in [0.15, 0.2) is 0 Å². The quantitative estimate of drug-likeness (QED) is 0.779. The fraction of sp³-hybridized carbons (Fsp3) is 0.417. The maximum absolute atomic E-state index is 10.3. The molecular formula is C12H16ClNO2. The molecule has 0 spiro atoms. The van der Waals surface area contributed by atoms with Gasteiger partial charge in [-0.05, 0) is 43.5 Å². The number of hydrogen-bond acceptors (Lipinski definition) is 2. The zero-order valence-electron chi connectivity index (χ0n) is 9.51. The van der Waals surface area contributed by atoms with Gasteiger partial charge < -0.3 is 10.4 Å². The van der Waals surface area contributed by atoms with Crippen molar-refractivity contribution in [1.29, 1.82) is 0 Å². The maximum Gasteiger partial charge on any atom is 0.303 e. The molecule has 0 fully saturated rings. The number of carboxylic acids is 1. The lowest BCUT2D eigenvalue weighted by atomic mass is 10.1. The largest absolute Gasteiger partial charge is 0.481 e. The molecule has 0 radical (unpaired) electrons. The standard InChI is InChI=1S/C12H16ClNO2/c1-8-6-10(13)7-9(2)12(8)14-5-3-4-11(15)16/h6-7,14H,3-5H2,1-2H3,(H,15,16). The highest BCUT2D eigenvalue weighted by atomic mass is 35.5. The van der Waals surface area contributed by atoms with E-state index in [-0.39, 0.29) is 6.42 Å². The molecule has 1 aromatic rings. The van der Waals surface area contributed by atoms with Gasteiger partial charge in [0, 0.05) is 23.7 Å². The van der Waals surface area contributed by atoms with Crippen LogP contribution in [0.4, 0.5) is 5.69 Å². The predicted molar refractivity (Wildman–Crippen MR) is 66.3 cm³/mol. The number of aliphatic carboxylic acids is 1. The summed E-state index contributed by atoms with van der Waals surface area (Å²) in [5.74, 6) is -0.758. The number of benzene rings is 1. The van der Waals surface area contributed by atoms with Crippen LogP contribution in [0.1, 0.15) is 24.0 Å². The second-order valence-corrected chi connectivity index (χ2v) is 4.28. The minimum Gasteiger partial charge on any atom is -0.481 e. The second kappa shape index (κ2) is 5.75. The van der Waals surface area contributed by atoms with Crippen molar-refractivity contribution < 1.29 is 9.90 Å². The van der Waals surface area contributed by atoms with E-state index in [2.05, 4.69) is 5.32 Å². The fourth-order valence-corrected chi connectivity index (χ4v) is 1.97. The molecule has 0 aromatic heterocycles. The van der Waals surface area contributed by atoms with Crippen LogP contribution in [0.2, 0.25) is 5.02 Å². The summed E-state index contributed by atoms with van der Waals surface area (Å²) in [4.78, 5) is 10.3. The Morgan fingerprint density at radius 2 is 1.94 bits per heavy atom. The van der Waals surface area contributed by atoms with E-state index in [1.54, 1.807) is 0 Å². The molecule has 0 bridgehead atoms. The molecular weight excluding hydrogens is 226 g/mol. The Labute approximate surface area is 100 Å². The number of rotatable bonds is 5. The molecule has 4 heteroatoms. The Morgan fingerprint density at radius 1 is 1.38 bits per heavy atom. The van der Waals surface area contributed by atoms with Crippen molar-refractivity contribution >= 4 is 23.3 Å². The average molecular weight is 242 g/mol. The van der Waals surface area contributed by atoms with E-state index in [9.17, 15) is 4.79 Å². The van der Waals surface area contributed by atoms with Gasteiger partial charge in [0.2, 0.25) is 0 Å². The average Bonchev–Trinajstić information content (AvgIpc) is 2.14. The van der Waals surface area contributed by atoms with E-state index in [0.29, 0.717) is 13.0 Å². The van der Waals surface area contributed by atoms with Crippen LogP contribution in [-0.2, 0) is 4.79 Å². The van der Waals surface area contributed by atoms with Gasteiger partial charge >= 0.3 is 5.97 Å². The minimum atomic E-state index is -0.758. The third kappa shape index (κ3) is 3.74. The lowest BCUT2D eigenvalue weighted by Crippen LogP contribution is -2.07. The first kappa shape index (κ1) is 12.8. The van der Waals surface area contributed by atoms with E-state index in [1.807, 2.05) is 26.0 Å². The van der Waals surface area contributed by atoms with Crippen molar-refractivity contribution in [2.45, 2.75) is 26.7 Å². The summed E-state index contributed by atoms with van der Waals surface area (Å²) in [5.41, 5.74) is 3.22. The number of aryl methyl sites for hydroxylation is 2. The molecule has 0 aliphatic heterocycles. The molecule has 3 nitrogen and oxygen atoms in total. The van der Waals surface area contributed by atoms with Gasteiger partial charge in [-0.1, -0.05) is 11.6 Å². The van der Waals surface area contributed by atoms with Crippen LogP contribution >= 0.6 is 11.6 Å². The molecule has 0 amide bonds. The van der Waals surface area contributed by atoms with Gasteiger partial charge in [0.25, 0.3) is 0 Å². The van der Waals surface area contributed by atoms with Crippen LogP contribution in [-0.4, -0.2) is 17.6 Å². The highest BCUT2D eigenvalue weighted by Gasteiger charge is 2.04. The zero-order chi connectivity index (χ0) is 12.1. The molecule has 0 aliphatic rings. The van der Waals surface area contributed by atoms with E-state index in [1.165, 1.54) is 0 Å². The summed E-state index contributed by atoms with van der Waals surface area (Å²) in [6.45, 7) is 4.63. The van der Waals surface area contributed by atoms with Gasteiger partial charge in [0.05, 0.1) is 0 Å². The molecule has 16 heavy (non-hydrogen) atoms. The van der Waals surface area contributed by atoms with Crippen LogP contribution in [0.5, 0.6) is 0 Å². The highest BCUT2D eigenvalue weighted by Crippen LogP contribution is 2.24. The van der Waals surface area contributed by atoms with Gasteiger partial charge in [-0.15, -0.1) is 0 Å². The number of carboxylic acid groups (broad SMARTS) is 1. The fourth-order valence-electron chi connectivity index (χ4n) is 1.64. The summed E-state index contributed by atoms with van der Waals surface area (Å²) < 4.78 is 0. The minimum absolute atomic E-state index is 0.193. The zero-order valence-corrected chi connectivity index (χ0v) is 10.3. The van der Waals surface area contributed by atoms with E-state index in [0.717, 1.165) is 21.8 Å². The Hall–Kier alpha value is -1.22. The summed E-state index contributed by atoms with van der Waals surface area (Å²) in [6, 6.07) is 3.79. The van der Waals surface area contributed by atoms with Crippen molar-refractivity contribution in [1.82, 2.24) is 0 Å². The lowest BCUT2D eigenvalue weighted by molar-refractivity contribution is -0.137. The molecule has 0 unspecified atom stereocenters. The molecule has 88 valence electrons. The number of nitrogens with one attached hydrogen (secondary N) is 1. The van der Waals surface area contributed by atoms with E-state index >= 15 is 0 Å². The second-order valence-electron chi connectivity index (χ2n) is 3.84. The Kier molecular flexibility index (Phi) is 4.62. The molecule has 1 rings (SSSR count). The van der Waals surface area contributed by atoms with Crippen LogP contribution in [0.3, 0.4) is 0 Å². The Balaban J connectivity index is 2.57. The molecule has 0 saturated carbocycles. The third-order valence-electron chi connectivity index (χ3n) is 2.37. The Bertz CT molecular complexity index is 368. The van der Waals surface area contributed by atoms with Gasteiger partial charge in [-0.3, -0.25) is 4.79 Å². The van der Waals surface area contributed by atoms with Gasteiger partial charge in [-0.25, -0.2) is 0 Å². The first-order valence-corrected chi connectivity index (χ1v) is 5.61. The third-order valence-corrected chi connectivity index (χ3v) is 2.58. The van der Waals surface area contributed by atoms with Crippen LogP contribution in [0.25, 0.3) is 0 Å². The molecule has 0 atom stereocenters. The summed E-state index contributed by atoms with van der Waals surface area (Å²) in [6.07, 6.45) is 0.815. The van der Waals surface area contributed by atoms with Crippen molar-refractivity contribution in [3.05, 3.63) is 28.3 Å². The summed E-state index contributed by atoms with van der Waals surface area (Å²) in [5, 5.41) is 12.5. The maximum atomic E-state index is 10.3. The van der Waals surface area contributed by atoms with Crippen LogP contribution in [0, 0.1) is 13.8 Å². The summed E-state index contributed by atoms with van der Waals surface area (Å²) >= 11 is 5.92. The number of halogens is 1. The topological polar surface area (TPSA) is 49.3 Å². The molecule has 0 aliphatic carbocycles.